The molecule has 0 saturated heterocycles. The van der Waals surface area contributed by atoms with Crippen LogP contribution < -0.4 is 5.01 Å². The van der Waals surface area contributed by atoms with Gasteiger partial charge in [0.1, 0.15) is 0 Å². The van der Waals surface area contributed by atoms with E-state index in [1.807, 2.05) is 24.3 Å². The minimum Gasteiger partial charge on any atom is -0.459 e. The maximum absolute atomic E-state index is 12.8. The highest BCUT2D eigenvalue weighted by atomic mass is 32.1. The van der Waals surface area contributed by atoms with Crippen molar-refractivity contribution in [3.63, 3.8) is 0 Å². The van der Waals surface area contributed by atoms with Crippen molar-refractivity contribution in [1.82, 2.24) is 4.98 Å². The average molecular weight is 398 g/mol. The molecule has 4 aromatic rings. The van der Waals surface area contributed by atoms with Crippen LogP contribution in [0.15, 0.2) is 64.3 Å². The molecule has 27 heavy (non-hydrogen) atoms. The fourth-order valence-corrected chi connectivity index (χ4v) is 3.88. The van der Waals surface area contributed by atoms with Gasteiger partial charge in [0.25, 0.3) is 0 Å². The van der Waals surface area contributed by atoms with Crippen molar-refractivity contribution >= 4 is 55.1 Å². The summed E-state index contributed by atoms with van der Waals surface area (Å²) in [5.41, 5.74) is 0.747. The number of aromatic nitrogens is 1. The van der Waals surface area contributed by atoms with Crippen LogP contribution in [0, 0.1) is 10.1 Å². The van der Waals surface area contributed by atoms with Gasteiger partial charge in [0.05, 0.1) is 32.5 Å². The smallest absolute Gasteiger partial charge is 0.324 e. The summed E-state index contributed by atoms with van der Waals surface area (Å²) in [6.07, 6.45) is 2.79. The number of thiazole rings is 1. The Morgan fingerprint density at radius 2 is 2.04 bits per heavy atom. The molecule has 1 aromatic carbocycles. The van der Waals surface area contributed by atoms with E-state index in [1.54, 1.807) is 12.1 Å². The molecular formula is C17H10N4O4S2. The van der Waals surface area contributed by atoms with Gasteiger partial charge in [-0.25, -0.2) is 4.98 Å². The number of hydrazone groups is 1. The first-order chi connectivity index (χ1) is 13.1. The molecule has 0 saturated carbocycles. The van der Waals surface area contributed by atoms with Crippen molar-refractivity contribution in [3.05, 3.63) is 75.5 Å². The average Bonchev–Trinajstić information content (AvgIpc) is 3.41. The number of rotatable bonds is 5. The largest absolute Gasteiger partial charge is 0.459 e. The first kappa shape index (κ1) is 17.1. The first-order valence-electron chi connectivity index (χ1n) is 7.63. The summed E-state index contributed by atoms with van der Waals surface area (Å²) in [5.74, 6) is -0.370. The lowest BCUT2D eigenvalue weighted by molar-refractivity contribution is -0.380. The highest BCUT2D eigenvalue weighted by Crippen LogP contribution is 2.30. The van der Waals surface area contributed by atoms with Gasteiger partial charge in [0, 0.05) is 6.07 Å². The number of carbonyl (C=O) groups is 1. The van der Waals surface area contributed by atoms with Gasteiger partial charge in [-0.2, -0.15) is 10.1 Å². The fourth-order valence-electron chi connectivity index (χ4n) is 2.27. The van der Waals surface area contributed by atoms with E-state index in [4.69, 9.17) is 4.42 Å². The maximum Gasteiger partial charge on any atom is 0.324 e. The monoisotopic (exact) mass is 398 g/mol. The molecule has 4 rings (SSSR count). The Morgan fingerprint density at radius 3 is 2.74 bits per heavy atom. The quantitative estimate of drug-likeness (QED) is 0.279. The molecule has 0 bridgehead atoms. The van der Waals surface area contributed by atoms with Crippen molar-refractivity contribution in [3.8, 4) is 0 Å². The fraction of sp³-hybridized carbons (Fsp3) is 0. The van der Waals surface area contributed by atoms with Crippen molar-refractivity contribution in [2.24, 2.45) is 5.10 Å². The Bertz CT molecular complexity index is 1110. The second-order valence-electron chi connectivity index (χ2n) is 5.24. The van der Waals surface area contributed by atoms with Gasteiger partial charge in [-0.15, -0.1) is 0 Å². The van der Waals surface area contributed by atoms with E-state index in [1.165, 1.54) is 35.9 Å². The van der Waals surface area contributed by atoms with Crippen LogP contribution in [0.25, 0.3) is 10.2 Å². The summed E-state index contributed by atoms with van der Waals surface area (Å²) < 4.78 is 6.09. The normalized spacial score (nSPS) is 11.3. The standard InChI is InChI=1S/C17H10N4O4S2/c22-16(13-5-3-9-25-13)20(17-19-12-4-1-2-6-14(12)27-17)18-10-11-7-8-15(26-11)21(23)24/h1-10H/b18-10-. The number of carbonyl (C=O) groups excluding carboxylic acids is 1. The maximum atomic E-state index is 12.8. The second kappa shape index (κ2) is 7.09. The van der Waals surface area contributed by atoms with E-state index in [-0.39, 0.29) is 10.8 Å². The molecular weight excluding hydrogens is 388 g/mol. The van der Waals surface area contributed by atoms with E-state index in [0.29, 0.717) is 10.0 Å². The molecule has 134 valence electrons. The Kier molecular flexibility index (Phi) is 4.48. The second-order valence-corrected chi connectivity index (χ2v) is 7.34. The molecule has 0 aliphatic heterocycles. The predicted molar refractivity (Wildman–Crippen MR) is 104 cm³/mol. The zero-order valence-corrected chi connectivity index (χ0v) is 15.1. The number of nitro groups is 1. The van der Waals surface area contributed by atoms with E-state index in [0.717, 1.165) is 26.6 Å². The number of benzene rings is 1. The number of amides is 1. The van der Waals surface area contributed by atoms with Gasteiger partial charge < -0.3 is 4.42 Å². The van der Waals surface area contributed by atoms with Gasteiger partial charge in [-0.1, -0.05) is 34.8 Å². The zero-order valence-electron chi connectivity index (χ0n) is 13.5. The number of thiophene rings is 1. The van der Waals surface area contributed by atoms with Gasteiger partial charge in [0.15, 0.2) is 5.76 Å². The molecule has 0 unspecified atom stereocenters. The zero-order chi connectivity index (χ0) is 18.8. The van der Waals surface area contributed by atoms with Crippen LogP contribution in [0.5, 0.6) is 0 Å². The molecule has 0 N–H and O–H groups in total. The number of hydrogen-bond donors (Lipinski definition) is 0. The van der Waals surface area contributed by atoms with E-state index >= 15 is 0 Å². The first-order valence-corrected chi connectivity index (χ1v) is 9.27. The Morgan fingerprint density at radius 1 is 1.19 bits per heavy atom. The third-order valence-electron chi connectivity index (χ3n) is 3.48. The SMILES string of the molecule is O=C(c1ccco1)N(/N=C\c1ccc([N+](=O)[O-])s1)c1nc2ccccc2s1. The molecule has 1 amide bonds. The molecule has 0 spiro atoms. The third-order valence-corrected chi connectivity index (χ3v) is 5.46. The number of anilines is 1. The van der Waals surface area contributed by atoms with Crippen LogP contribution >= 0.6 is 22.7 Å². The summed E-state index contributed by atoms with van der Waals surface area (Å²) in [6, 6.07) is 13.6. The molecule has 8 nitrogen and oxygen atoms in total. The third kappa shape index (κ3) is 3.48. The van der Waals surface area contributed by atoms with E-state index < -0.39 is 10.8 Å². The van der Waals surface area contributed by atoms with Crippen molar-refractivity contribution < 1.29 is 14.1 Å². The molecule has 0 aliphatic rings. The molecule has 0 aliphatic carbocycles. The molecule has 3 heterocycles. The van der Waals surface area contributed by atoms with Crippen LogP contribution in [0.1, 0.15) is 15.4 Å². The summed E-state index contributed by atoms with van der Waals surface area (Å²) in [7, 11) is 0. The number of fused-ring (bicyclic) bond motifs is 1. The van der Waals surface area contributed by atoms with Crippen LogP contribution in [-0.4, -0.2) is 22.0 Å². The van der Waals surface area contributed by atoms with Crippen molar-refractivity contribution in [1.29, 1.82) is 0 Å². The Labute approximate surface area is 160 Å². The summed E-state index contributed by atoms with van der Waals surface area (Å²) >= 11 is 2.28. The van der Waals surface area contributed by atoms with E-state index in [9.17, 15) is 14.9 Å². The van der Waals surface area contributed by atoms with Gasteiger partial charge in [-0.05, 0) is 30.3 Å². The van der Waals surface area contributed by atoms with Crippen molar-refractivity contribution in [2.45, 2.75) is 0 Å². The van der Waals surface area contributed by atoms with Crippen molar-refractivity contribution in [2.75, 3.05) is 5.01 Å². The van der Waals surface area contributed by atoms with Gasteiger partial charge in [-0.3, -0.25) is 14.9 Å². The van der Waals surface area contributed by atoms with Crippen LogP contribution in [0.3, 0.4) is 0 Å². The number of para-hydroxylation sites is 1. The minimum atomic E-state index is -0.485. The highest BCUT2D eigenvalue weighted by molar-refractivity contribution is 7.22. The number of nitrogens with zero attached hydrogens (tertiary/aromatic N) is 4. The van der Waals surface area contributed by atoms with Gasteiger partial charge >= 0.3 is 10.9 Å². The van der Waals surface area contributed by atoms with Crippen LogP contribution in [0.2, 0.25) is 0 Å². The summed E-state index contributed by atoms with van der Waals surface area (Å²) in [6.45, 7) is 0. The van der Waals surface area contributed by atoms with Gasteiger partial charge in [0.2, 0.25) is 5.13 Å². The lowest BCUT2D eigenvalue weighted by atomic mass is 10.3. The molecule has 10 heteroatoms. The molecule has 0 fully saturated rings. The predicted octanol–water partition coefficient (Wildman–Crippen LogP) is 4.54. The summed E-state index contributed by atoms with van der Waals surface area (Å²) in [4.78, 5) is 28.1. The Balaban J connectivity index is 1.72. The number of hydrogen-bond acceptors (Lipinski definition) is 8. The van der Waals surface area contributed by atoms with E-state index in [2.05, 4.69) is 10.1 Å². The highest BCUT2D eigenvalue weighted by Gasteiger charge is 2.23. The molecule has 3 aromatic heterocycles. The van der Waals surface area contributed by atoms with Crippen LogP contribution in [-0.2, 0) is 0 Å². The summed E-state index contributed by atoms with van der Waals surface area (Å²) in [5, 5.41) is 16.6. The molecule has 0 atom stereocenters. The Hall–Kier alpha value is -3.37. The topological polar surface area (TPSA) is 102 Å². The molecule has 0 radical (unpaired) electrons. The van der Waals surface area contributed by atoms with Crippen LogP contribution in [0.4, 0.5) is 10.1 Å². The minimum absolute atomic E-state index is 0.000322. The lowest BCUT2D eigenvalue weighted by Crippen LogP contribution is -2.25. The lowest BCUT2D eigenvalue weighted by Gasteiger charge is -2.11. The number of furan rings is 1.